The van der Waals surface area contributed by atoms with Crippen molar-refractivity contribution in [2.75, 3.05) is 5.32 Å². The van der Waals surface area contributed by atoms with Gasteiger partial charge in [-0.3, -0.25) is 5.32 Å². The Bertz CT molecular complexity index is 596. The third kappa shape index (κ3) is 4.28. The number of halogens is 1. The fraction of sp³-hybridized carbons (Fsp3) is 0.286. The predicted octanol–water partition coefficient (Wildman–Crippen LogP) is 3.48. The van der Waals surface area contributed by atoms with E-state index in [2.05, 4.69) is 27.2 Å². The summed E-state index contributed by atoms with van der Waals surface area (Å²) in [6.07, 6.45) is 4.57. The van der Waals surface area contributed by atoms with Gasteiger partial charge in [-0.25, -0.2) is 9.59 Å². The molecule has 0 bridgehead atoms. The van der Waals surface area contributed by atoms with Crippen LogP contribution >= 0.6 is 15.9 Å². The molecule has 1 rings (SSSR count). The van der Waals surface area contributed by atoms with Crippen LogP contribution in [0.15, 0.2) is 16.6 Å². The number of rotatable bonds is 2. The van der Waals surface area contributed by atoms with Gasteiger partial charge >= 0.3 is 12.1 Å². The Morgan fingerprint density at radius 1 is 1.40 bits per heavy atom. The van der Waals surface area contributed by atoms with Gasteiger partial charge in [-0.05, 0) is 32.9 Å². The van der Waals surface area contributed by atoms with Crippen LogP contribution in [0.3, 0.4) is 0 Å². The first-order valence-electron chi connectivity index (χ1n) is 5.67. The Morgan fingerprint density at radius 2 is 2.00 bits per heavy atom. The summed E-state index contributed by atoms with van der Waals surface area (Å²) in [4.78, 5) is 23.0. The van der Waals surface area contributed by atoms with Crippen LogP contribution in [-0.4, -0.2) is 22.8 Å². The quantitative estimate of drug-likeness (QED) is 0.809. The second-order valence-electron chi connectivity index (χ2n) is 4.95. The SMILES string of the molecule is C#Cc1cc(Br)cc(C(=O)O)c1NC(=O)OC(C)(C)C. The van der Waals surface area contributed by atoms with Gasteiger partial charge in [0.1, 0.15) is 5.60 Å². The third-order valence-corrected chi connectivity index (χ3v) is 2.57. The number of aromatic carboxylic acids is 1. The molecule has 2 N–H and O–H groups in total. The van der Waals surface area contributed by atoms with Gasteiger partial charge in [-0.1, -0.05) is 21.9 Å². The van der Waals surface area contributed by atoms with Crippen molar-refractivity contribution in [2.45, 2.75) is 26.4 Å². The highest BCUT2D eigenvalue weighted by Gasteiger charge is 2.21. The highest BCUT2D eigenvalue weighted by Crippen LogP contribution is 2.26. The van der Waals surface area contributed by atoms with E-state index in [4.69, 9.17) is 11.2 Å². The topological polar surface area (TPSA) is 75.6 Å². The summed E-state index contributed by atoms with van der Waals surface area (Å²) in [7, 11) is 0. The molecule has 0 aliphatic carbocycles. The van der Waals surface area contributed by atoms with Crippen LogP contribution in [0.2, 0.25) is 0 Å². The second-order valence-corrected chi connectivity index (χ2v) is 5.87. The Hall–Kier alpha value is -2.00. The summed E-state index contributed by atoms with van der Waals surface area (Å²) < 4.78 is 5.59. The molecular weight excluding hydrogens is 326 g/mol. The van der Waals surface area contributed by atoms with Gasteiger partial charge in [-0.15, -0.1) is 6.42 Å². The maximum atomic E-state index is 11.7. The number of amides is 1. The molecule has 1 amide bonds. The molecule has 0 aliphatic heterocycles. The average molecular weight is 340 g/mol. The molecule has 1 aromatic carbocycles. The summed E-state index contributed by atoms with van der Waals surface area (Å²) in [6, 6.07) is 2.90. The van der Waals surface area contributed by atoms with E-state index in [1.165, 1.54) is 6.07 Å². The highest BCUT2D eigenvalue weighted by atomic mass is 79.9. The minimum atomic E-state index is -1.20. The van der Waals surface area contributed by atoms with Gasteiger partial charge in [0.25, 0.3) is 0 Å². The van der Waals surface area contributed by atoms with Crippen molar-refractivity contribution in [1.29, 1.82) is 0 Å². The average Bonchev–Trinajstić information content (AvgIpc) is 2.27. The number of benzene rings is 1. The lowest BCUT2D eigenvalue weighted by molar-refractivity contribution is 0.0636. The monoisotopic (exact) mass is 339 g/mol. The zero-order valence-corrected chi connectivity index (χ0v) is 12.9. The lowest BCUT2D eigenvalue weighted by Crippen LogP contribution is -2.28. The first-order valence-corrected chi connectivity index (χ1v) is 6.47. The van der Waals surface area contributed by atoms with Crippen LogP contribution in [0, 0.1) is 12.3 Å². The van der Waals surface area contributed by atoms with E-state index in [-0.39, 0.29) is 16.8 Å². The van der Waals surface area contributed by atoms with Gasteiger partial charge in [0.2, 0.25) is 0 Å². The molecule has 0 radical (unpaired) electrons. The van der Waals surface area contributed by atoms with Crippen molar-refractivity contribution in [2.24, 2.45) is 0 Å². The van der Waals surface area contributed by atoms with Gasteiger partial charge in [0.15, 0.2) is 0 Å². The number of terminal acetylenes is 1. The van der Waals surface area contributed by atoms with E-state index >= 15 is 0 Å². The first-order chi connectivity index (χ1) is 9.14. The molecule has 0 aliphatic rings. The van der Waals surface area contributed by atoms with Crippen molar-refractivity contribution in [3.05, 3.63) is 27.7 Å². The molecule has 0 saturated heterocycles. The molecule has 6 heteroatoms. The van der Waals surface area contributed by atoms with Crippen molar-refractivity contribution in [1.82, 2.24) is 0 Å². The number of hydrogen-bond donors (Lipinski definition) is 2. The van der Waals surface area contributed by atoms with Crippen molar-refractivity contribution in [3.8, 4) is 12.3 Å². The van der Waals surface area contributed by atoms with Gasteiger partial charge in [-0.2, -0.15) is 0 Å². The van der Waals surface area contributed by atoms with Gasteiger partial charge in [0.05, 0.1) is 11.3 Å². The van der Waals surface area contributed by atoms with Gasteiger partial charge in [0, 0.05) is 10.0 Å². The second kappa shape index (κ2) is 5.97. The number of anilines is 1. The smallest absolute Gasteiger partial charge is 0.412 e. The van der Waals surface area contributed by atoms with Crippen LogP contribution in [0.5, 0.6) is 0 Å². The molecule has 0 saturated carbocycles. The van der Waals surface area contributed by atoms with Crippen molar-refractivity contribution in [3.63, 3.8) is 0 Å². The largest absolute Gasteiger partial charge is 0.478 e. The van der Waals surface area contributed by atoms with Gasteiger partial charge < -0.3 is 9.84 Å². The summed E-state index contributed by atoms with van der Waals surface area (Å²) >= 11 is 3.17. The molecule has 0 atom stereocenters. The maximum Gasteiger partial charge on any atom is 0.412 e. The summed E-state index contributed by atoms with van der Waals surface area (Å²) in [5, 5.41) is 11.6. The van der Waals surface area contributed by atoms with Crippen LogP contribution < -0.4 is 5.32 Å². The van der Waals surface area contributed by atoms with E-state index in [1.807, 2.05) is 0 Å². The molecular formula is C14H14BrNO4. The predicted molar refractivity (Wildman–Crippen MR) is 78.9 cm³/mol. The Morgan fingerprint density at radius 3 is 2.45 bits per heavy atom. The van der Waals surface area contributed by atoms with Crippen molar-refractivity contribution >= 4 is 33.7 Å². The third-order valence-electron chi connectivity index (χ3n) is 2.11. The normalized spacial score (nSPS) is 10.6. The molecule has 0 heterocycles. The molecule has 0 fully saturated rings. The number of ether oxygens (including phenoxy) is 1. The van der Waals surface area contributed by atoms with Crippen LogP contribution in [0.4, 0.5) is 10.5 Å². The Balaban J connectivity index is 3.20. The van der Waals surface area contributed by atoms with Crippen LogP contribution in [0.25, 0.3) is 0 Å². The standard InChI is InChI=1S/C14H14BrNO4/c1-5-8-6-9(15)7-10(12(17)18)11(8)16-13(19)20-14(2,3)4/h1,6-7H,2-4H3,(H,16,19)(H,17,18). The molecule has 0 spiro atoms. The van der Waals surface area contributed by atoms with E-state index in [9.17, 15) is 14.7 Å². The fourth-order valence-corrected chi connectivity index (χ4v) is 1.89. The molecule has 20 heavy (non-hydrogen) atoms. The highest BCUT2D eigenvalue weighted by molar-refractivity contribution is 9.10. The molecule has 0 aromatic heterocycles. The zero-order chi connectivity index (χ0) is 15.5. The zero-order valence-electron chi connectivity index (χ0n) is 11.3. The van der Waals surface area contributed by atoms with Crippen LogP contribution in [-0.2, 0) is 4.74 Å². The molecule has 1 aromatic rings. The van der Waals surface area contributed by atoms with E-state index in [0.717, 1.165) is 0 Å². The summed E-state index contributed by atoms with van der Waals surface area (Å²) in [5.74, 6) is 1.14. The number of nitrogens with one attached hydrogen (secondary N) is 1. The molecule has 106 valence electrons. The number of carboxylic acids is 1. The first kappa shape index (κ1) is 16.1. The van der Waals surface area contributed by atoms with E-state index in [1.54, 1.807) is 26.8 Å². The Labute approximate surface area is 125 Å². The minimum Gasteiger partial charge on any atom is -0.478 e. The summed E-state index contributed by atoms with van der Waals surface area (Å²) in [5.41, 5.74) is -0.516. The number of carbonyl (C=O) groups is 2. The van der Waals surface area contributed by atoms with E-state index < -0.39 is 17.7 Å². The number of carbonyl (C=O) groups excluding carboxylic acids is 1. The maximum absolute atomic E-state index is 11.7. The number of carboxylic acid groups (broad SMARTS) is 1. The lowest BCUT2D eigenvalue weighted by atomic mass is 10.1. The molecule has 0 unspecified atom stereocenters. The lowest BCUT2D eigenvalue weighted by Gasteiger charge is -2.20. The van der Waals surface area contributed by atoms with Crippen molar-refractivity contribution < 1.29 is 19.4 Å². The number of hydrogen-bond acceptors (Lipinski definition) is 3. The van der Waals surface area contributed by atoms with E-state index in [0.29, 0.717) is 4.47 Å². The minimum absolute atomic E-state index is 0.0393. The Kier molecular flexibility index (Phi) is 4.79. The summed E-state index contributed by atoms with van der Waals surface area (Å²) in [6.45, 7) is 5.11. The molecule has 5 nitrogen and oxygen atoms in total. The van der Waals surface area contributed by atoms with Crippen LogP contribution in [0.1, 0.15) is 36.7 Å². The fourth-order valence-electron chi connectivity index (χ4n) is 1.43.